The van der Waals surface area contributed by atoms with Crippen molar-refractivity contribution in [1.82, 2.24) is 5.06 Å². The summed E-state index contributed by atoms with van der Waals surface area (Å²) in [5, 5.41) is 1.53. The molecule has 1 fully saturated rings. The second-order valence-corrected chi connectivity index (χ2v) is 3.14. The summed E-state index contributed by atoms with van der Waals surface area (Å²) in [6.45, 7) is 3.57. The van der Waals surface area contributed by atoms with E-state index in [0.29, 0.717) is 13.0 Å². The number of carbonyl (C=O) groups is 1. The number of carbonyl (C=O) groups excluding carboxylic acids is 1. The SMILES string of the molecule is CCCCC(=O)N1CCCCO1. The number of amides is 1. The van der Waals surface area contributed by atoms with E-state index in [-0.39, 0.29) is 5.91 Å². The molecule has 0 aromatic rings. The molecule has 3 nitrogen and oxygen atoms in total. The van der Waals surface area contributed by atoms with Gasteiger partial charge in [0.1, 0.15) is 0 Å². The van der Waals surface area contributed by atoms with E-state index in [0.717, 1.165) is 32.2 Å². The van der Waals surface area contributed by atoms with Gasteiger partial charge in [0.05, 0.1) is 6.61 Å². The Bertz CT molecular complexity index is 141. The Kier molecular flexibility index (Phi) is 4.08. The number of unbranched alkanes of at least 4 members (excludes halogenated alkanes) is 1. The topological polar surface area (TPSA) is 29.5 Å². The van der Waals surface area contributed by atoms with E-state index in [1.165, 1.54) is 5.06 Å². The van der Waals surface area contributed by atoms with Crippen LogP contribution >= 0.6 is 0 Å². The molecule has 0 bridgehead atoms. The second-order valence-electron chi connectivity index (χ2n) is 3.14. The fourth-order valence-corrected chi connectivity index (χ4v) is 1.25. The van der Waals surface area contributed by atoms with Crippen LogP contribution in [0, 0.1) is 0 Å². The minimum atomic E-state index is 0.150. The zero-order chi connectivity index (χ0) is 8.81. The van der Waals surface area contributed by atoms with Crippen molar-refractivity contribution in [3.05, 3.63) is 0 Å². The maximum absolute atomic E-state index is 11.4. The first-order chi connectivity index (χ1) is 5.84. The van der Waals surface area contributed by atoms with Crippen LogP contribution in [0.1, 0.15) is 39.0 Å². The highest BCUT2D eigenvalue weighted by Crippen LogP contribution is 2.08. The molecule has 3 heteroatoms. The van der Waals surface area contributed by atoms with Crippen molar-refractivity contribution in [2.24, 2.45) is 0 Å². The van der Waals surface area contributed by atoms with Gasteiger partial charge in [-0.05, 0) is 19.3 Å². The van der Waals surface area contributed by atoms with Gasteiger partial charge in [-0.1, -0.05) is 13.3 Å². The predicted octanol–water partition coefficient (Wildman–Crippen LogP) is 1.73. The standard InChI is InChI=1S/C9H17NO2/c1-2-3-6-9(11)10-7-4-5-8-12-10/h2-8H2,1H3. The van der Waals surface area contributed by atoms with Crippen molar-refractivity contribution >= 4 is 5.91 Å². The predicted molar refractivity (Wildman–Crippen MR) is 46.4 cm³/mol. The van der Waals surface area contributed by atoms with Gasteiger partial charge < -0.3 is 0 Å². The lowest BCUT2D eigenvalue weighted by Crippen LogP contribution is -2.35. The minimum absolute atomic E-state index is 0.150. The van der Waals surface area contributed by atoms with E-state index in [1.807, 2.05) is 0 Å². The Hall–Kier alpha value is -0.570. The zero-order valence-corrected chi connectivity index (χ0v) is 7.71. The third-order valence-corrected chi connectivity index (χ3v) is 2.03. The van der Waals surface area contributed by atoms with Crippen molar-refractivity contribution in [3.63, 3.8) is 0 Å². The molecule has 0 saturated carbocycles. The first kappa shape index (κ1) is 9.52. The fourth-order valence-electron chi connectivity index (χ4n) is 1.25. The number of hydroxylamine groups is 2. The fraction of sp³-hybridized carbons (Fsp3) is 0.889. The van der Waals surface area contributed by atoms with Crippen molar-refractivity contribution in [2.75, 3.05) is 13.2 Å². The molecule has 0 aromatic heterocycles. The van der Waals surface area contributed by atoms with Crippen LogP contribution in [0.15, 0.2) is 0 Å². The van der Waals surface area contributed by atoms with Crippen LogP contribution in [0.2, 0.25) is 0 Å². The second kappa shape index (κ2) is 5.14. The number of rotatable bonds is 3. The lowest BCUT2D eigenvalue weighted by molar-refractivity contribution is -0.197. The molecular weight excluding hydrogens is 154 g/mol. The summed E-state index contributed by atoms with van der Waals surface area (Å²) < 4.78 is 0. The smallest absolute Gasteiger partial charge is 0.246 e. The van der Waals surface area contributed by atoms with Gasteiger partial charge in [-0.2, -0.15) is 0 Å². The number of nitrogens with zero attached hydrogens (tertiary/aromatic N) is 1. The van der Waals surface area contributed by atoms with Gasteiger partial charge in [0.2, 0.25) is 5.91 Å². The third-order valence-electron chi connectivity index (χ3n) is 2.03. The largest absolute Gasteiger partial charge is 0.273 e. The van der Waals surface area contributed by atoms with Gasteiger partial charge in [0, 0.05) is 13.0 Å². The maximum Gasteiger partial charge on any atom is 0.246 e. The molecule has 1 rings (SSSR count). The highest BCUT2D eigenvalue weighted by molar-refractivity contribution is 5.75. The molecule has 1 saturated heterocycles. The average Bonchev–Trinajstić information content (AvgIpc) is 2.15. The van der Waals surface area contributed by atoms with Gasteiger partial charge in [0.25, 0.3) is 0 Å². The van der Waals surface area contributed by atoms with E-state index < -0.39 is 0 Å². The summed E-state index contributed by atoms with van der Waals surface area (Å²) in [5.74, 6) is 0.150. The van der Waals surface area contributed by atoms with Crippen molar-refractivity contribution < 1.29 is 9.63 Å². The van der Waals surface area contributed by atoms with E-state index in [1.54, 1.807) is 0 Å². The van der Waals surface area contributed by atoms with Crippen LogP contribution in [-0.2, 0) is 9.63 Å². The highest BCUT2D eigenvalue weighted by atomic mass is 16.7. The summed E-state index contributed by atoms with van der Waals surface area (Å²) in [6.07, 6.45) is 4.84. The van der Waals surface area contributed by atoms with Crippen molar-refractivity contribution in [2.45, 2.75) is 39.0 Å². The van der Waals surface area contributed by atoms with Crippen LogP contribution in [0.5, 0.6) is 0 Å². The quantitative estimate of drug-likeness (QED) is 0.647. The monoisotopic (exact) mass is 171 g/mol. The van der Waals surface area contributed by atoms with Crippen LogP contribution < -0.4 is 0 Å². The molecule has 0 spiro atoms. The average molecular weight is 171 g/mol. The van der Waals surface area contributed by atoms with Crippen LogP contribution in [-0.4, -0.2) is 24.1 Å². The molecule has 1 amide bonds. The van der Waals surface area contributed by atoms with Gasteiger partial charge >= 0.3 is 0 Å². The summed E-state index contributed by atoms with van der Waals surface area (Å²) in [7, 11) is 0. The Morgan fingerprint density at radius 3 is 2.92 bits per heavy atom. The van der Waals surface area contributed by atoms with E-state index in [4.69, 9.17) is 4.84 Å². The van der Waals surface area contributed by atoms with Gasteiger partial charge in [-0.15, -0.1) is 0 Å². The third kappa shape index (κ3) is 2.81. The molecule has 1 aliphatic heterocycles. The van der Waals surface area contributed by atoms with Gasteiger partial charge in [-0.3, -0.25) is 9.63 Å². The van der Waals surface area contributed by atoms with Crippen LogP contribution in [0.3, 0.4) is 0 Å². The van der Waals surface area contributed by atoms with E-state index >= 15 is 0 Å². The van der Waals surface area contributed by atoms with Crippen molar-refractivity contribution in [3.8, 4) is 0 Å². The van der Waals surface area contributed by atoms with Gasteiger partial charge in [-0.25, -0.2) is 5.06 Å². The van der Waals surface area contributed by atoms with Crippen LogP contribution in [0.4, 0.5) is 0 Å². The molecular formula is C9H17NO2. The molecule has 0 N–H and O–H groups in total. The molecule has 1 aliphatic rings. The summed E-state index contributed by atoms with van der Waals surface area (Å²) >= 11 is 0. The lowest BCUT2D eigenvalue weighted by atomic mass is 10.2. The summed E-state index contributed by atoms with van der Waals surface area (Å²) in [6, 6.07) is 0. The molecule has 0 radical (unpaired) electrons. The number of hydrogen-bond donors (Lipinski definition) is 0. The molecule has 1 heterocycles. The molecule has 0 atom stereocenters. The first-order valence-electron chi connectivity index (χ1n) is 4.78. The van der Waals surface area contributed by atoms with Gasteiger partial charge in [0.15, 0.2) is 0 Å². The van der Waals surface area contributed by atoms with E-state index in [2.05, 4.69) is 6.92 Å². The number of hydrogen-bond acceptors (Lipinski definition) is 2. The maximum atomic E-state index is 11.4. The lowest BCUT2D eigenvalue weighted by Gasteiger charge is -2.25. The molecule has 70 valence electrons. The minimum Gasteiger partial charge on any atom is -0.273 e. The molecule has 0 aromatic carbocycles. The highest BCUT2D eigenvalue weighted by Gasteiger charge is 2.16. The Labute approximate surface area is 73.6 Å². The Balaban J connectivity index is 2.20. The Morgan fingerprint density at radius 1 is 1.50 bits per heavy atom. The van der Waals surface area contributed by atoms with Crippen molar-refractivity contribution in [1.29, 1.82) is 0 Å². The zero-order valence-electron chi connectivity index (χ0n) is 7.71. The summed E-state index contributed by atoms with van der Waals surface area (Å²) in [4.78, 5) is 16.6. The normalized spacial score (nSPS) is 17.9. The molecule has 0 aliphatic carbocycles. The first-order valence-corrected chi connectivity index (χ1v) is 4.78. The van der Waals surface area contributed by atoms with Crippen LogP contribution in [0.25, 0.3) is 0 Å². The Morgan fingerprint density at radius 2 is 2.33 bits per heavy atom. The molecule has 0 unspecified atom stereocenters. The molecule has 12 heavy (non-hydrogen) atoms. The van der Waals surface area contributed by atoms with E-state index in [9.17, 15) is 4.79 Å². The summed E-state index contributed by atoms with van der Waals surface area (Å²) in [5.41, 5.74) is 0.